The van der Waals surface area contributed by atoms with Gasteiger partial charge in [0.25, 0.3) is 0 Å². The molecule has 1 atom stereocenters. The molecule has 0 unspecified atom stereocenters. The number of nitriles is 1. The number of ether oxygens (including phenoxy) is 1. The van der Waals surface area contributed by atoms with Crippen molar-refractivity contribution in [1.29, 1.82) is 5.26 Å². The van der Waals surface area contributed by atoms with Crippen LogP contribution >= 0.6 is 0 Å². The number of carbonyl (C=O) groups is 2. The second kappa shape index (κ2) is 5.74. The van der Waals surface area contributed by atoms with Crippen LogP contribution in [0.4, 0.5) is 5.69 Å². The quantitative estimate of drug-likeness (QED) is 0.620. The predicted molar refractivity (Wildman–Crippen MR) is 72.9 cm³/mol. The molecule has 0 aromatic heterocycles. The maximum absolute atomic E-state index is 12.2. The van der Waals surface area contributed by atoms with E-state index < -0.39 is 11.9 Å². The SMILES string of the molecule is Cc1ccc(N2CC[C@@H](C(=O)OCC#N)C2=O)cc1C. The van der Waals surface area contributed by atoms with Crippen LogP contribution in [0, 0.1) is 31.1 Å². The van der Waals surface area contributed by atoms with Gasteiger partial charge in [-0.05, 0) is 43.5 Å². The molecular formula is C15H16N2O3. The first-order valence-electron chi connectivity index (χ1n) is 6.47. The van der Waals surface area contributed by atoms with Crippen LogP contribution in [-0.4, -0.2) is 25.0 Å². The average Bonchev–Trinajstić information content (AvgIpc) is 2.81. The van der Waals surface area contributed by atoms with Crippen LogP contribution in [0.2, 0.25) is 0 Å². The summed E-state index contributed by atoms with van der Waals surface area (Å²) < 4.78 is 4.73. The van der Waals surface area contributed by atoms with Crippen molar-refractivity contribution in [2.45, 2.75) is 20.3 Å². The monoisotopic (exact) mass is 272 g/mol. The number of hydrogen-bond donors (Lipinski definition) is 0. The van der Waals surface area contributed by atoms with E-state index in [0.717, 1.165) is 16.8 Å². The molecule has 20 heavy (non-hydrogen) atoms. The summed E-state index contributed by atoms with van der Waals surface area (Å²) in [6.45, 7) is 4.17. The van der Waals surface area contributed by atoms with Gasteiger partial charge in [-0.1, -0.05) is 6.07 Å². The summed E-state index contributed by atoms with van der Waals surface area (Å²) in [4.78, 5) is 25.5. The molecule has 1 aliphatic rings. The first-order chi connectivity index (χ1) is 9.54. The van der Waals surface area contributed by atoms with Gasteiger partial charge >= 0.3 is 5.97 Å². The zero-order chi connectivity index (χ0) is 14.7. The highest BCUT2D eigenvalue weighted by atomic mass is 16.5. The lowest BCUT2D eigenvalue weighted by atomic mass is 10.1. The molecule has 0 saturated carbocycles. The number of anilines is 1. The molecule has 5 nitrogen and oxygen atoms in total. The van der Waals surface area contributed by atoms with Gasteiger partial charge in [-0.3, -0.25) is 9.59 Å². The van der Waals surface area contributed by atoms with E-state index in [1.165, 1.54) is 0 Å². The zero-order valence-electron chi connectivity index (χ0n) is 11.5. The van der Waals surface area contributed by atoms with Gasteiger partial charge in [-0.15, -0.1) is 0 Å². The Labute approximate surface area is 117 Å². The molecule has 2 rings (SSSR count). The van der Waals surface area contributed by atoms with E-state index in [1.807, 2.05) is 32.0 Å². The Hall–Kier alpha value is -2.35. The molecule has 1 aliphatic heterocycles. The van der Waals surface area contributed by atoms with E-state index in [2.05, 4.69) is 0 Å². The van der Waals surface area contributed by atoms with Crippen LogP contribution in [0.15, 0.2) is 18.2 Å². The van der Waals surface area contributed by atoms with Crippen molar-refractivity contribution in [3.8, 4) is 6.07 Å². The summed E-state index contributed by atoms with van der Waals surface area (Å²) in [5, 5.41) is 8.39. The van der Waals surface area contributed by atoms with Crippen molar-refractivity contribution in [1.82, 2.24) is 0 Å². The first-order valence-corrected chi connectivity index (χ1v) is 6.47. The minimum atomic E-state index is -0.787. The Morgan fingerprint density at radius 2 is 2.20 bits per heavy atom. The highest BCUT2D eigenvalue weighted by molar-refractivity contribution is 6.08. The first kappa shape index (κ1) is 14.1. The zero-order valence-corrected chi connectivity index (χ0v) is 11.5. The number of esters is 1. The largest absolute Gasteiger partial charge is 0.450 e. The Morgan fingerprint density at radius 1 is 1.45 bits per heavy atom. The van der Waals surface area contributed by atoms with E-state index in [-0.39, 0.29) is 12.5 Å². The Morgan fingerprint density at radius 3 is 2.85 bits per heavy atom. The summed E-state index contributed by atoms with van der Waals surface area (Å²) in [7, 11) is 0. The Bertz CT molecular complexity index is 589. The van der Waals surface area contributed by atoms with Gasteiger partial charge in [-0.2, -0.15) is 5.26 Å². The molecule has 1 amide bonds. The Balaban J connectivity index is 2.13. The van der Waals surface area contributed by atoms with Crippen molar-refractivity contribution < 1.29 is 14.3 Å². The summed E-state index contributed by atoms with van der Waals surface area (Å²) in [5.74, 6) is -1.65. The molecule has 1 saturated heterocycles. The third-order valence-corrected chi connectivity index (χ3v) is 3.57. The van der Waals surface area contributed by atoms with E-state index in [4.69, 9.17) is 10.00 Å². The van der Waals surface area contributed by atoms with Crippen LogP contribution in [0.3, 0.4) is 0 Å². The van der Waals surface area contributed by atoms with Crippen LogP contribution in [-0.2, 0) is 14.3 Å². The minimum Gasteiger partial charge on any atom is -0.450 e. The average molecular weight is 272 g/mol. The number of aryl methyl sites for hydroxylation is 2. The van der Waals surface area contributed by atoms with Crippen molar-refractivity contribution >= 4 is 17.6 Å². The predicted octanol–water partition coefficient (Wildman–Crippen LogP) is 1.72. The number of hydrogen-bond acceptors (Lipinski definition) is 4. The fraction of sp³-hybridized carbons (Fsp3) is 0.400. The second-order valence-electron chi connectivity index (χ2n) is 4.87. The van der Waals surface area contributed by atoms with Gasteiger partial charge in [0.15, 0.2) is 6.61 Å². The molecule has 5 heteroatoms. The van der Waals surface area contributed by atoms with Crippen LogP contribution in [0.25, 0.3) is 0 Å². The molecular weight excluding hydrogens is 256 g/mol. The smallest absolute Gasteiger partial charge is 0.319 e. The molecule has 1 aromatic rings. The van der Waals surface area contributed by atoms with E-state index in [1.54, 1.807) is 11.0 Å². The summed E-state index contributed by atoms with van der Waals surface area (Å²) in [6, 6.07) is 7.50. The van der Waals surface area contributed by atoms with Crippen LogP contribution in [0.5, 0.6) is 0 Å². The van der Waals surface area contributed by atoms with Gasteiger partial charge in [0, 0.05) is 12.2 Å². The van der Waals surface area contributed by atoms with E-state index in [9.17, 15) is 9.59 Å². The molecule has 0 radical (unpaired) electrons. The maximum atomic E-state index is 12.2. The second-order valence-corrected chi connectivity index (χ2v) is 4.87. The lowest BCUT2D eigenvalue weighted by molar-refractivity contribution is -0.149. The lowest BCUT2D eigenvalue weighted by Crippen LogP contribution is -2.31. The molecule has 0 aliphatic carbocycles. The minimum absolute atomic E-state index is 0.254. The van der Waals surface area contributed by atoms with E-state index in [0.29, 0.717) is 13.0 Å². The molecule has 104 valence electrons. The van der Waals surface area contributed by atoms with Gasteiger partial charge in [0.05, 0.1) is 0 Å². The standard InChI is InChI=1S/C15H16N2O3/c1-10-3-4-12(9-11(10)2)17-7-5-13(14(17)18)15(19)20-8-6-16/h3-4,9,13H,5,7-8H2,1-2H3/t13-/m1/s1. The fourth-order valence-electron chi connectivity index (χ4n) is 2.25. The maximum Gasteiger partial charge on any atom is 0.319 e. The van der Waals surface area contributed by atoms with Gasteiger partial charge in [0.1, 0.15) is 12.0 Å². The number of nitrogens with zero attached hydrogens (tertiary/aromatic N) is 2. The van der Waals surface area contributed by atoms with Gasteiger partial charge in [-0.25, -0.2) is 0 Å². The lowest BCUT2D eigenvalue weighted by Gasteiger charge is -2.17. The number of benzene rings is 1. The van der Waals surface area contributed by atoms with Crippen molar-refractivity contribution in [3.63, 3.8) is 0 Å². The highest BCUT2D eigenvalue weighted by Gasteiger charge is 2.38. The summed E-state index contributed by atoms with van der Waals surface area (Å²) in [6.07, 6.45) is 0.427. The molecule has 0 spiro atoms. The number of amides is 1. The summed E-state index contributed by atoms with van der Waals surface area (Å²) >= 11 is 0. The number of carbonyl (C=O) groups excluding carboxylic acids is 2. The topological polar surface area (TPSA) is 70.4 Å². The van der Waals surface area contributed by atoms with Crippen molar-refractivity contribution in [2.24, 2.45) is 5.92 Å². The molecule has 1 fully saturated rings. The fourth-order valence-corrected chi connectivity index (χ4v) is 2.25. The van der Waals surface area contributed by atoms with Crippen molar-refractivity contribution in [3.05, 3.63) is 29.3 Å². The van der Waals surface area contributed by atoms with Crippen molar-refractivity contribution in [2.75, 3.05) is 18.1 Å². The third-order valence-electron chi connectivity index (χ3n) is 3.57. The van der Waals surface area contributed by atoms with Crippen LogP contribution < -0.4 is 4.90 Å². The summed E-state index contributed by atoms with van der Waals surface area (Å²) in [5.41, 5.74) is 3.06. The van der Waals surface area contributed by atoms with Crippen LogP contribution in [0.1, 0.15) is 17.5 Å². The third kappa shape index (κ3) is 2.64. The molecule has 1 aromatic carbocycles. The molecule has 0 bridgehead atoms. The number of rotatable bonds is 3. The van der Waals surface area contributed by atoms with Gasteiger partial charge < -0.3 is 9.64 Å². The van der Waals surface area contributed by atoms with Gasteiger partial charge in [0.2, 0.25) is 5.91 Å². The Kier molecular flexibility index (Phi) is 4.04. The normalized spacial score (nSPS) is 17.9. The highest BCUT2D eigenvalue weighted by Crippen LogP contribution is 2.27. The van der Waals surface area contributed by atoms with E-state index >= 15 is 0 Å². The molecule has 0 N–H and O–H groups in total. The molecule has 1 heterocycles.